The molecule has 0 fully saturated rings. The number of amides is 1. The highest BCUT2D eigenvalue weighted by Gasteiger charge is 2.27. The fourth-order valence-corrected chi connectivity index (χ4v) is 1.52. The van der Waals surface area contributed by atoms with E-state index in [0.717, 1.165) is 5.56 Å². The van der Waals surface area contributed by atoms with Crippen LogP contribution < -0.4 is 5.32 Å². The maximum atomic E-state index is 11.3. The molecular formula is C12H8N2O2. The first-order valence-electron chi connectivity index (χ1n) is 4.75. The van der Waals surface area contributed by atoms with Crippen molar-refractivity contribution in [2.75, 3.05) is 5.32 Å². The molecule has 0 atom stereocenters. The number of nitrogens with one attached hydrogen (secondary N) is 1. The lowest BCUT2D eigenvalue weighted by Crippen LogP contribution is -2.12. The van der Waals surface area contributed by atoms with E-state index in [1.807, 2.05) is 6.07 Å². The van der Waals surface area contributed by atoms with E-state index < -0.39 is 11.7 Å². The average Bonchev–Trinajstić information content (AvgIpc) is 2.55. The lowest BCUT2D eigenvalue weighted by molar-refractivity contribution is -0.112. The quantitative estimate of drug-likeness (QED) is 0.759. The summed E-state index contributed by atoms with van der Waals surface area (Å²) in [7, 11) is 0. The number of carbonyl (C=O) groups excluding carboxylic acids is 2. The van der Waals surface area contributed by atoms with Crippen molar-refractivity contribution in [1.29, 1.82) is 5.26 Å². The molecule has 0 saturated heterocycles. The molecule has 1 heterocycles. The summed E-state index contributed by atoms with van der Waals surface area (Å²) in [6, 6.07) is 7.06. The Kier molecular flexibility index (Phi) is 2.52. The van der Waals surface area contributed by atoms with Crippen LogP contribution in [0.15, 0.2) is 24.3 Å². The Morgan fingerprint density at radius 3 is 2.94 bits per heavy atom. The number of ketones is 1. The molecule has 16 heavy (non-hydrogen) atoms. The molecule has 0 unspecified atom stereocenters. The maximum Gasteiger partial charge on any atom is 0.296 e. The predicted octanol–water partition coefficient (Wildman–Crippen LogP) is 1.75. The van der Waals surface area contributed by atoms with E-state index in [-0.39, 0.29) is 0 Å². The minimum Gasteiger partial charge on any atom is -0.318 e. The van der Waals surface area contributed by atoms with Gasteiger partial charge in [0.25, 0.3) is 11.7 Å². The van der Waals surface area contributed by atoms with Crippen molar-refractivity contribution in [2.24, 2.45) is 0 Å². The third-order valence-corrected chi connectivity index (χ3v) is 2.26. The highest BCUT2D eigenvalue weighted by atomic mass is 16.2. The molecular weight excluding hydrogens is 204 g/mol. The summed E-state index contributed by atoms with van der Waals surface area (Å²) in [5.74, 6) is -1.09. The number of hydrogen-bond donors (Lipinski definition) is 1. The van der Waals surface area contributed by atoms with Gasteiger partial charge in [0.15, 0.2) is 0 Å². The van der Waals surface area contributed by atoms with Gasteiger partial charge < -0.3 is 5.32 Å². The Morgan fingerprint density at radius 2 is 2.19 bits per heavy atom. The third kappa shape index (κ3) is 1.71. The van der Waals surface area contributed by atoms with Crippen molar-refractivity contribution in [3.8, 4) is 6.07 Å². The fourth-order valence-electron chi connectivity index (χ4n) is 1.52. The van der Waals surface area contributed by atoms with Crippen molar-refractivity contribution in [2.45, 2.75) is 6.42 Å². The van der Waals surface area contributed by atoms with Crippen LogP contribution in [0, 0.1) is 11.3 Å². The van der Waals surface area contributed by atoms with Crippen molar-refractivity contribution in [3.05, 3.63) is 35.4 Å². The molecule has 0 spiro atoms. The minimum atomic E-state index is -0.590. The molecule has 4 heteroatoms. The average molecular weight is 212 g/mol. The van der Waals surface area contributed by atoms with Crippen LogP contribution in [0.3, 0.4) is 0 Å². The Labute approximate surface area is 92.2 Å². The van der Waals surface area contributed by atoms with Crippen molar-refractivity contribution in [3.63, 3.8) is 0 Å². The number of nitrogens with zero attached hydrogens (tertiary/aromatic N) is 1. The SMILES string of the molecule is N#CCC=Cc1ccc2c(c1)NC(=O)C2=O. The monoisotopic (exact) mass is 212 g/mol. The molecule has 2 rings (SSSR count). The number of Topliss-reactive ketones (excluding diaryl/α,β-unsaturated/α-hetero) is 1. The number of anilines is 1. The molecule has 1 aromatic rings. The summed E-state index contributed by atoms with van der Waals surface area (Å²) in [5, 5.41) is 10.9. The number of carbonyl (C=O) groups is 2. The van der Waals surface area contributed by atoms with Gasteiger partial charge in [0.1, 0.15) is 0 Å². The van der Waals surface area contributed by atoms with E-state index in [4.69, 9.17) is 5.26 Å². The lowest BCUT2D eigenvalue weighted by Gasteiger charge is -1.98. The molecule has 0 aromatic heterocycles. The van der Waals surface area contributed by atoms with Gasteiger partial charge >= 0.3 is 0 Å². The number of nitriles is 1. The lowest BCUT2D eigenvalue weighted by atomic mass is 10.1. The van der Waals surface area contributed by atoms with E-state index in [9.17, 15) is 9.59 Å². The molecule has 0 aliphatic carbocycles. The van der Waals surface area contributed by atoms with Gasteiger partial charge in [-0.15, -0.1) is 0 Å². The second-order valence-corrected chi connectivity index (χ2v) is 3.35. The Hall–Kier alpha value is -2.41. The summed E-state index contributed by atoms with van der Waals surface area (Å²) in [5.41, 5.74) is 1.79. The number of fused-ring (bicyclic) bond motifs is 1. The Bertz CT molecular complexity index is 538. The summed E-state index contributed by atoms with van der Waals surface area (Å²) < 4.78 is 0. The summed E-state index contributed by atoms with van der Waals surface area (Å²) in [6.45, 7) is 0. The zero-order valence-corrected chi connectivity index (χ0v) is 8.36. The van der Waals surface area contributed by atoms with Gasteiger partial charge in [-0.3, -0.25) is 9.59 Å². The van der Waals surface area contributed by atoms with Crippen LogP contribution in [0.2, 0.25) is 0 Å². The molecule has 0 saturated carbocycles. The standard InChI is InChI=1S/C12H8N2O2/c13-6-2-1-3-8-4-5-9-10(7-8)14-12(16)11(9)15/h1,3-5,7H,2H2,(H,14,15,16). The molecule has 0 bridgehead atoms. The normalized spacial score (nSPS) is 13.7. The molecule has 1 amide bonds. The number of hydrogen-bond acceptors (Lipinski definition) is 3. The molecule has 1 aromatic carbocycles. The molecule has 1 aliphatic heterocycles. The van der Waals surface area contributed by atoms with Gasteiger partial charge in [-0.25, -0.2) is 0 Å². The van der Waals surface area contributed by atoms with Crippen molar-refractivity contribution < 1.29 is 9.59 Å². The third-order valence-electron chi connectivity index (χ3n) is 2.26. The van der Waals surface area contributed by atoms with E-state index in [2.05, 4.69) is 5.32 Å². The van der Waals surface area contributed by atoms with E-state index in [1.54, 1.807) is 30.4 Å². The zero-order chi connectivity index (χ0) is 11.5. The molecule has 4 nitrogen and oxygen atoms in total. The first-order chi connectivity index (χ1) is 7.72. The second kappa shape index (κ2) is 3.99. The summed E-state index contributed by atoms with van der Waals surface area (Å²) >= 11 is 0. The van der Waals surface area contributed by atoms with Gasteiger partial charge in [0.2, 0.25) is 0 Å². The molecule has 78 valence electrons. The van der Waals surface area contributed by atoms with Crippen molar-refractivity contribution in [1.82, 2.24) is 0 Å². The zero-order valence-electron chi connectivity index (χ0n) is 8.36. The van der Waals surface area contributed by atoms with Gasteiger partial charge in [0, 0.05) is 0 Å². The largest absolute Gasteiger partial charge is 0.318 e. The van der Waals surface area contributed by atoms with E-state index >= 15 is 0 Å². The number of rotatable bonds is 2. The van der Waals surface area contributed by atoms with Crippen LogP contribution >= 0.6 is 0 Å². The fraction of sp³-hybridized carbons (Fsp3) is 0.0833. The van der Waals surface area contributed by atoms with E-state index in [1.165, 1.54) is 0 Å². The summed E-state index contributed by atoms with van der Waals surface area (Å²) in [4.78, 5) is 22.4. The Morgan fingerprint density at radius 1 is 1.38 bits per heavy atom. The van der Waals surface area contributed by atoms with Crippen LogP contribution in [0.1, 0.15) is 22.3 Å². The first kappa shape index (κ1) is 10.1. The van der Waals surface area contributed by atoms with Crippen molar-refractivity contribution >= 4 is 23.5 Å². The number of benzene rings is 1. The molecule has 1 aliphatic rings. The van der Waals surface area contributed by atoms with Crippen LogP contribution in [0.4, 0.5) is 5.69 Å². The van der Waals surface area contributed by atoms with Gasteiger partial charge in [-0.05, 0) is 17.7 Å². The van der Waals surface area contributed by atoms with Gasteiger partial charge in [0.05, 0.1) is 23.7 Å². The molecule has 1 N–H and O–H groups in total. The van der Waals surface area contributed by atoms with Gasteiger partial charge in [-0.2, -0.15) is 5.26 Å². The number of allylic oxidation sites excluding steroid dienone is 1. The van der Waals surface area contributed by atoms with Crippen LogP contribution in [0.25, 0.3) is 6.08 Å². The topological polar surface area (TPSA) is 70.0 Å². The summed E-state index contributed by atoms with van der Waals surface area (Å²) in [6.07, 6.45) is 3.83. The van der Waals surface area contributed by atoms with Crippen LogP contribution in [-0.2, 0) is 4.79 Å². The highest BCUT2D eigenvalue weighted by molar-refractivity contribution is 6.51. The minimum absolute atomic E-state index is 0.336. The predicted molar refractivity (Wildman–Crippen MR) is 58.7 cm³/mol. The van der Waals surface area contributed by atoms with Crippen LogP contribution in [-0.4, -0.2) is 11.7 Å². The molecule has 0 radical (unpaired) electrons. The van der Waals surface area contributed by atoms with Gasteiger partial charge in [-0.1, -0.05) is 18.2 Å². The van der Waals surface area contributed by atoms with Crippen LogP contribution in [0.5, 0.6) is 0 Å². The second-order valence-electron chi connectivity index (χ2n) is 3.35. The van der Waals surface area contributed by atoms with E-state index in [0.29, 0.717) is 17.7 Å². The smallest absolute Gasteiger partial charge is 0.296 e. The maximum absolute atomic E-state index is 11.3. The Balaban J connectivity index is 2.29. The first-order valence-corrected chi connectivity index (χ1v) is 4.75. The highest BCUT2D eigenvalue weighted by Crippen LogP contribution is 2.24.